The molecule has 0 aliphatic rings. The molecule has 0 aliphatic heterocycles. The quantitative estimate of drug-likeness (QED) is 0.176. The van der Waals surface area contributed by atoms with E-state index >= 15 is 0 Å². The van der Waals surface area contributed by atoms with Gasteiger partial charge >= 0.3 is 5.97 Å². The molecule has 3 aromatic rings. The van der Waals surface area contributed by atoms with Crippen LogP contribution >= 0.6 is 31.9 Å². The van der Waals surface area contributed by atoms with E-state index in [1.54, 1.807) is 48.7 Å². The fraction of sp³-hybridized carbons (Fsp3) is 0.0435. The van der Waals surface area contributed by atoms with Crippen molar-refractivity contribution in [3.8, 4) is 17.2 Å². The number of carbonyl (C=O) groups excluding carboxylic acids is 1. The average Bonchev–Trinajstić information content (AvgIpc) is 2.73. The highest BCUT2D eigenvalue weighted by Gasteiger charge is 2.14. The number of benzene rings is 3. The molecule has 0 radical (unpaired) electrons. The fourth-order valence-corrected chi connectivity index (χ4v) is 3.47. The molecule has 0 fully saturated rings. The number of rotatable bonds is 6. The number of hydrogen-bond acceptors (Lipinski definition) is 5. The number of halogens is 2. The lowest BCUT2D eigenvalue weighted by Gasteiger charge is -2.11. The summed E-state index contributed by atoms with van der Waals surface area (Å²) in [5, 5.41) is 9.34. The summed E-state index contributed by atoms with van der Waals surface area (Å²) >= 11 is 6.82. The first kappa shape index (κ1) is 21.8. The Bertz CT molecular complexity index is 1110. The molecule has 0 spiro atoms. The second-order valence-corrected chi connectivity index (χ2v) is 7.89. The molecule has 0 heterocycles. The maximum absolute atomic E-state index is 12.3. The Hall–Kier alpha value is -2.90. The maximum atomic E-state index is 12.3. The Morgan fingerprint density at radius 3 is 2.50 bits per heavy atom. The molecule has 0 unspecified atom stereocenters. The SMILES string of the molecule is COc1cc(/C=N/c2ccc(O)cc2)cc(Br)c1OC(=O)C=Cc1cccc(Br)c1. The molecule has 30 heavy (non-hydrogen) atoms. The Kier molecular flexibility index (Phi) is 7.43. The average molecular weight is 531 g/mol. The number of hydrogen-bond donors (Lipinski definition) is 1. The summed E-state index contributed by atoms with van der Waals surface area (Å²) in [5.41, 5.74) is 2.31. The van der Waals surface area contributed by atoms with Gasteiger partial charge in [0.25, 0.3) is 0 Å². The topological polar surface area (TPSA) is 68.1 Å². The fourth-order valence-electron chi connectivity index (χ4n) is 2.51. The number of phenols is 1. The van der Waals surface area contributed by atoms with Gasteiger partial charge in [0, 0.05) is 16.8 Å². The van der Waals surface area contributed by atoms with Gasteiger partial charge in [0.05, 0.1) is 17.3 Å². The molecule has 3 rings (SSSR count). The molecule has 0 bridgehead atoms. The lowest BCUT2D eigenvalue weighted by Crippen LogP contribution is -2.06. The Labute approximate surface area is 190 Å². The van der Waals surface area contributed by atoms with E-state index in [1.165, 1.54) is 13.2 Å². The minimum atomic E-state index is -0.528. The molecule has 5 nitrogen and oxygen atoms in total. The number of nitrogens with zero attached hydrogens (tertiary/aromatic N) is 1. The smallest absolute Gasteiger partial charge is 0.336 e. The van der Waals surface area contributed by atoms with Crippen LogP contribution in [0.3, 0.4) is 0 Å². The molecular formula is C23H17Br2NO4. The van der Waals surface area contributed by atoms with Gasteiger partial charge in [0.2, 0.25) is 0 Å². The van der Waals surface area contributed by atoms with Crippen molar-refractivity contribution in [2.24, 2.45) is 4.99 Å². The van der Waals surface area contributed by atoms with Crippen molar-refractivity contribution in [3.63, 3.8) is 0 Å². The van der Waals surface area contributed by atoms with Crippen LogP contribution in [-0.2, 0) is 4.79 Å². The van der Waals surface area contributed by atoms with Gasteiger partial charge in [-0.1, -0.05) is 28.1 Å². The highest BCUT2D eigenvalue weighted by Crippen LogP contribution is 2.36. The zero-order valence-electron chi connectivity index (χ0n) is 15.9. The van der Waals surface area contributed by atoms with Crippen molar-refractivity contribution in [1.29, 1.82) is 0 Å². The van der Waals surface area contributed by atoms with Crippen LogP contribution in [0.1, 0.15) is 11.1 Å². The van der Waals surface area contributed by atoms with Crippen LogP contribution < -0.4 is 9.47 Å². The molecule has 0 aliphatic carbocycles. The van der Waals surface area contributed by atoms with Crippen LogP contribution in [0.15, 0.2) is 80.7 Å². The third kappa shape index (κ3) is 6.05. The highest BCUT2D eigenvalue weighted by atomic mass is 79.9. The summed E-state index contributed by atoms with van der Waals surface area (Å²) in [7, 11) is 1.50. The van der Waals surface area contributed by atoms with E-state index in [0.29, 0.717) is 15.9 Å². The van der Waals surface area contributed by atoms with E-state index in [9.17, 15) is 9.90 Å². The highest BCUT2D eigenvalue weighted by molar-refractivity contribution is 9.10. The Balaban J connectivity index is 1.76. The lowest BCUT2D eigenvalue weighted by molar-refractivity contribution is -0.129. The first-order valence-corrected chi connectivity index (χ1v) is 10.4. The van der Waals surface area contributed by atoms with Gasteiger partial charge in [-0.25, -0.2) is 4.79 Å². The predicted octanol–water partition coefficient (Wildman–Crippen LogP) is 6.30. The minimum absolute atomic E-state index is 0.179. The monoisotopic (exact) mass is 529 g/mol. The molecule has 0 saturated carbocycles. The largest absolute Gasteiger partial charge is 0.508 e. The second-order valence-electron chi connectivity index (χ2n) is 6.12. The number of aliphatic imine (C=N–C) groups is 1. The number of ether oxygens (including phenoxy) is 2. The van der Waals surface area contributed by atoms with E-state index in [2.05, 4.69) is 36.9 Å². The number of esters is 1. The van der Waals surface area contributed by atoms with Crippen molar-refractivity contribution in [2.75, 3.05) is 7.11 Å². The minimum Gasteiger partial charge on any atom is -0.508 e. The molecule has 152 valence electrons. The van der Waals surface area contributed by atoms with Crippen molar-refractivity contribution < 1.29 is 19.4 Å². The van der Waals surface area contributed by atoms with Crippen molar-refractivity contribution in [2.45, 2.75) is 0 Å². The van der Waals surface area contributed by atoms with Gasteiger partial charge in [-0.15, -0.1) is 0 Å². The van der Waals surface area contributed by atoms with Gasteiger partial charge in [-0.3, -0.25) is 4.99 Å². The van der Waals surface area contributed by atoms with E-state index in [-0.39, 0.29) is 11.5 Å². The molecule has 7 heteroatoms. The summed E-state index contributed by atoms with van der Waals surface area (Å²) in [4.78, 5) is 16.6. The van der Waals surface area contributed by atoms with Gasteiger partial charge in [-0.05, 0) is 81.7 Å². The van der Waals surface area contributed by atoms with E-state index in [4.69, 9.17) is 9.47 Å². The number of aromatic hydroxyl groups is 1. The lowest BCUT2D eigenvalue weighted by atomic mass is 10.2. The van der Waals surface area contributed by atoms with Crippen molar-refractivity contribution in [3.05, 3.63) is 86.8 Å². The Morgan fingerprint density at radius 2 is 1.80 bits per heavy atom. The van der Waals surface area contributed by atoms with Crippen molar-refractivity contribution in [1.82, 2.24) is 0 Å². The van der Waals surface area contributed by atoms with Crippen molar-refractivity contribution >= 4 is 55.8 Å². The van der Waals surface area contributed by atoms with Gasteiger partial charge in [-0.2, -0.15) is 0 Å². The molecule has 0 aromatic heterocycles. The number of carbonyl (C=O) groups is 1. The van der Waals surface area contributed by atoms with Crippen LogP contribution in [0.25, 0.3) is 6.08 Å². The summed E-state index contributed by atoms with van der Waals surface area (Å²) < 4.78 is 12.3. The zero-order valence-corrected chi connectivity index (χ0v) is 19.1. The van der Waals surface area contributed by atoms with Crippen LogP contribution in [0.4, 0.5) is 5.69 Å². The van der Waals surface area contributed by atoms with Crippen LogP contribution in [0.5, 0.6) is 17.2 Å². The zero-order chi connectivity index (χ0) is 21.5. The normalized spacial score (nSPS) is 11.2. The second kappa shape index (κ2) is 10.2. The number of methoxy groups -OCH3 is 1. The summed E-state index contributed by atoms with van der Waals surface area (Å²) in [6.07, 6.45) is 4.68. The molecule has 3 aromatic carbocycles. The summed E-state index contributed by atoms with van der Waals surface area (Å²) in [5.74, 6) is 0.321. The standard InChI is InChI=1S/C23H17Br2NO4/c1-29-21-13-16(14-26-18-6-8-19(27)9-7-18)12-20(25)23(21)30-22(28)10-5-15-3-2-4-17(24)11-15/h2-14,27H,1H3/b10-5?,26-14+. The van der Waals surface area contributed by atoms with E-state index in [0.717, 1.165) is 15.6 Å². The third-order valence-corrected chi connectivity index (χ3v) is 5.01. The predicted molar refractivity (Wildman–Crippen MR) is 125 cm³/mol. The maximum Gasteiger partial charge on any atom is 0.336 e. The number of phenolic OH excluding ortho intramolecular Hbond substituents is 1. The van der Waals surface area contributed by atoms with E-state index in [1.807, 2.05) is 24.3 Å². The van der Waals surface area contributed by atoms with Crippen LogP contribution in [0, 0.1) is 0 Å². The van der Waals surface area contributed by atoms with Crippen LogP contribution in [-0.4, -0.2) is 24.4 Å². The summed E-state index contributed by atoms with van der Waals surface area (Å²) in [6.45, 7) is 0. The molecular weight excluding hydrogens is 514 g/mol. The van der Waals surface area contributed by atoms with Gasteiger partial charge in [0.15, 0.2) is 11.5 Å². The summed E-state index contributed by atoms with van der Waals surface area (Å²) in [6, 6.07) is 17.6. The molecule has 0 saturated heterocycles. The molecule has 0 atom stereocenters. The first-order valence-electron chi connectivity index (χ1n) is 8.80. The van der Waals surface area contributed by atoms with E-state index < -0.39 is 5.97 Å². The Morgan fingerprint density at radius 1 is 1.03 bits per heavy atom. The van der Waals surface area contributed by atoms with Gasteiger partial charge in [0.1, 0.15) is 5.75 Å². The van der Waals surface area contributed by atoms with Crippen LogP contribution in [0.2, 0.25) is 0 Å². The first-order chi connectivity index (χ1) is 14.4. The third-order valence-electron chi connectivity index (χ3n) is 3.93. The van der Waals surface area contributed by atoms with Gasteiger partial charge < -0.3 is 14.6 Å². The molecule has 0 amide bonds. The molecule has 1 N–H and O–H groups in total.